The van der Waals surface area contributed by atoms with Crippen molar-refractivity contribution in [2.45, 2.75) is 25.0 Å². The Morgan fingerprint density at radius 1 is 1.33 bits per heavy atom. The average Bonchev–Trinajstić information content (AvgIpc) is 3.04. The molecule has 1 aromatic carbocycles. The molecule has 1 fully saturated rings. The molecule has 1 aromatic rings. The molecule has 0 bridgehead atoms. The van der Waals surface area contributed by atoms with Gasteiger partial charge in [-0.1, -0.05) is 23.7 Å². The quantitative estimate of drug-likeness (QED) is 0.855. The molecular weight excluding hydrogens is 210 g/mol. The van der Waals surface area contributed by atoms with Crippen LogP contribution < -0.4 is 5.73 Å². The number of halogens is 1. The molecular formula is C12H16ClNO. The lowest BCUT2D eigenvalue weighted by molar-refractivity contribution is 0.0624. The van der Waals surface area contributed by atoms with Crippen LogP contribution in [-0.4, -0.2) is 13.2 Å². The fourth-order valence-corrected chi connectivity index (χ4v) is 2.06. The van der Waals surface area contributed by atoms with Crippen LogP contribution >= 0.6 is 11.6 Å². The summed E-state index contributed by atoms with van der Waals surface area (Å²) in [6, 6.07) is 7.65. The number of benzene rings is 1. The first-order chi connectivity index (χ1) is 7.22. The highest BCUT2D eigenvalue weighted by Crippen LogP contribution is 2.38. The van der Waals surface area contributed by atoms with Gasteiger partial charge < -0.3 is 10.5 Å². The van der Waals surface area contributed by atoms with Crippen LogP contribution in [0.5, 0.6) is 0 Å². The number of nitrogens with two attached hydrogens (primary N) is 1. The first kappa shape index (κ1) is 10.9. The summed E-state index contributed by atoms with van der Waals surface area (Å²) in [5.41, 5.74) is 7.27. The van der Waals surface area contributed by atoms with Gasteiger partial charge in [0.05, 0.1) is 12.1 Å². The molecule has 2 rings (SSSR count). The van der Waals surface area contributed by atoms with Gasteiger partial charge in [0.2, 0.25) is 0 Å². The Morgan fingerprint density at radius 3 is 2.40 bits per heavy atom. The molecule has 0 amide bonds. The van der Waals surface area contributed by atoms with Crippen molar-refractivity contribution in [3.8, 4) is 0 Å². The lowest BCUT2D eigenvalue weighted by Gasteiger charge is -2.22. The van der Waals surface area contributed by atoms with Crippen LogP contribution in [0.25, 0.3) is 0 Å². The lowest BCUT2D eigenvalue weighted by atomic mass is 9.99. The molecule has 0 aliphatic heterocycles. The maximum absolute atomic E-state index is 6.17. The second kappa shape index (κ2) is 4.52. The largest absolute Gasteiger partial charge is 0.379 e. The minimum atomic E-state index is -0.0419. The summed E-state index contributed by atoms with van der Waals surface area (Å²) in [6.07, 6.45) is 2.62. The van der Waals surface area contributed by atoms with Crippen LogP contribution in [0.1, 0.15) is 24.4 Å². The summed E-state index contributed by atoms with van der Waals surface area (Å²) in [6.45, 7) is 0. The van der Waals surface area contributed by atoms with E-state index in [2.05, 4.69) is 0 Å². The molecule has 2 N–H and O–H groups in total. The van der Waals surface area contributed by atoms with Crippen molar-refractivity contribution in [2.75, 3.05) is 7.11 Å². The van der Waals surface area contributed by atoms with Gasteiger partial charge in [0.15, 0.2) is 0 Å². The molecule has 0 saturated heterocycles. The second-order valence-corrected chi connectivity index (χ2v) is 4.55. The lowest BCUT2D eigenvalue weighted by Crippen LogP contribution is -2.29. The van der Waals surface area contributed by atoms with Gasteiger partial charge in [0.25, 0.3) is 0 Å². The van der Waals surface area contributed by atoms with Crippen LogP contribution in [-0.2, 0) is 4.74 Å². The Bertz CT molecular complexity index is 321. The van der Waals surface area contributed by atoms with E-state index in [1.165, 1.54) is 12.8 Å². The molecule has 2 nitrogen and oxygen atoms in total. The zero-order chi connectivity index (χ0) is 10.8. The smallest absolute Gasteiger partial charge is 0.0791 e. The van der Waals surface area contributed by atoms with Crippen molar-refractivity contribution in [1.82, 2.24) is 0 Å². The molecule has 0 spiro atoms. The monoisotopic (exact) mass is 225 g/mol. The van der Waals surface area contributed by atoms with Crippen LogP contribution in [0.15, 0.2) is 24.3 Å². The third-order valence-electron chi connectivity index (χ3n) is 2.97. The Kier molecular flexibility index (Phi) is 3.29. The predicted octanol–water partition coefficient (Wildman–Crippen LogP) is 2.76. The molecule has 3 heteroatoms. The SMILES string of the molecule is COC(C1CC1)C(N)c1ccc(Cl)cc1. The van der Waals surface area contributed by atoms with Gasteiger partial charge >= 0.3 is 0 Å². The van der Waals surface area contributed by atoms with Gasteiger partial charge in [-0.05, 0) is 36.5 Å². The second-order valence-electron chi connectivity index (χ2n) is 4.12. The minimum Gasteiger partial charge on any atom is -0.379 e. The average molecular weight is 226 g/mol. The summed E-state index contributed by atoms with van der Waals surface area (Å²) < 4.78 is 5.46. The molecule has 1 saturated carbocycles. The van der Waals surface area contributed by atoms with Crippen molar-refractivity contribution in [2.24, 2.45) is 11.7 Å². The Hall–Kier alpha value is -0.570. The van der Waals surface area contributed by atoms with E-state index in [1.54, 1.807) is 7.11 Å². The third kappa shape index (κ3) is 2.51. The highest BCUT2D eigenvalue weighted by Gasteiger charge is 2.35. The van der Waals surface area contributed by atoms with E-state index in [0.29, 0.717) is 5.92 Å². The van der Waals surface area contributed by atoms with Gasteiger partial charge in [-0.25, -0.2) is 0 Å². The van der Waals surface area contributed by atoms with Crippen LogP contribution in [0, 0.1) is 5.92 Å². The fourth-order valence-electron chi connectivity index (χ4n) is 1.93. The predicted molar refractivity (Wildman–Crippen MR) is 61.9 cm³/mol. The van der Waals surface area contributed by atoms with E-state index >= 15 is 0 Å². The molecule has 2 atom stereocenters. The number of ether oxygens (including phenoxy) is 1. The zero-order valence-corrected chi connectivity index (χ0v) is 9.58. The molecule has 0 aromatic heterocycles. The molecule has 1 aliphatic carbocycles. The van der Waals surface area contributed by atoms with E-state index in [9.17, 15) is 0 Å². The summed E-state index contributed by atoms with van der Waals surface area (Å²) in [4.78, 5) is 0. The summed E-state index contributed by atoms with van der Waals surface area (Å²) in [7, 11) is 1.73. The maximum Gasteiger partial charge on any atom is 0.0791 e. The molecule has 2 unspecified atom stereocenters. The molecule has 0 radical (unpaired) electrons. The van der Waals surface area contributed by atoms with Crippen molar-refractivity contribution in [3.63, 3.8) is 0 Å². The van der Waals surface area contributed by atoms with Gasteiger partial charge in [0, 0.05) is 12.1 Å². The Morgan fingerprint density at radius 2 is 1.93 bits per heavy atom. The highest BCUT2D eigenvalue weighted by molar-refractivity contribution is 6.30. The first-order valence-electron chi connectivity index (χ1n) is 5.26. The summed E-state index contributed by atoms with van der Waals surface area (Å²) >= 11 is 5.83. The fraction of sp³-hybridized carbons (Fsp3) is 0.500. The summed E-state index contributed by atoms with van der Waals surface area (Å²) in [5, 5.41) is 0.742. The first-order valence-corrected chi connectivity index (χ1v) is 5.64. The van der Waals surface area contributed by atoms with E-state index < -0.39 is 0 Å². The maximum atomic E-state index is 6.17. The van der Waals surface area contributed by atoms with Crippen molar-refractivity contribution in [3.05, 3.63) is 34.9 Å². The van der Waals surface area contributed by atoms with Gasteiger partial charge in [0.1, 0.15) is 0 Å². The van der Waals surface area contributed by atoms with Crippen LogP contribution in [0.2, 0.25) is 5.02 Å². The standard InChI is InChI=1S/C12H16ClNO/c1-15-12(9-2-3-9)11(14)8-4-6-10(13)7-5-8/h4-7,9,11-12H,2-3,14H2,1H3. The van der Waals surface area contributed by atoms with E-state index in [0.717, 1.165) is 10.6 Å². The topological polar surface area (TPSA) is 35.2 Å². The van der Waals surface area contributed by atoms with Crippen molar-refractivity contribution < 1.29 is 4.74 Å². The highest BCUT2D eigenvalue weighted by atomic mass is 35.5. The number of hydrogen-bond acceptors (Lipinski definition) is 2. The van der Waals surface area contributed by atoms with Gasteiger partial charge in [-0.3, -0.25) is 0 Å². The zero-order valence-electron chi connectivity index (χ0n) is 8.82. The van der Waals surface area contributed by atoms with E-state index in [1.807, 2.05) is 24.3 Å². The van der Waals surface area contributed by atoms with E-state index in [4.69, 9.17) is 22.1 Å². The number of hydrogen-bond donors (Lipinski definition) is 1. The molecule has 0 heterocycles. The van der Waals surface area contributed by atoms with Crippen LogP contribution in [0.4, 0.5) is 0 Å². The Balaban J connectivity index is 2.11. The minimum absolute atomic E-state index is 0.0419. The number of methoxy groups -OCH3 is 1. The van der Waals surface area contributed by atoms with E-state index in [-0.39, 0.29) is 12.1 Å². The molecule has 15 heavy (non-hydrogen) atoms. The van der Waals surface area contributed by atoms with Crippen molar-refractivity contribution in [1.29, 1.82) is 0 Å². The molecule has 1 aliphatic rings. The normalized spacial score (nSPS) is 19.9. The van der Waals surface area contributed by atoms with Gasteiger partial charge in [-0.2, -0.15) is 0 Å². The Labute approximate surface area is 95.4 Å². The third-order valence-corrected chi connectivity index (χ3v) is 3.22. The molecule has 82 valence electrons. The van der Waals surface area contributed by atoms with Crippen LogP contribution in [0.3, 0.4) is 0 Å². The number of rotatable bonds is 4. The van der Waals surface area contributed by atoms with Gasteiger partial charge in [-0.15, -0.1) is 0 Å². The van der Waals surface area contributed by atoms with Crippen molar-refractivity contribution >= 4 is 11.6 Å². The summed E-state index contributed by atoms with van der Waals surface area (Å²) in [5.74, 6) is 0.640.